The van der Waals surface area contributed by atoms with Gasteiger partial charge in [0.15, 0.2) is 0 Å². The van der Waals surface area contributed by atoms with Crippen LogP contribution in [0.3, 0.4) is 0 Å². The maximum atomic E-state index is 5.97. The third-order valence-corrected chi connectivity index (χ3v) is 4.40. The Bertz CT molecular complexity index is 1030. The van der Waals surface area contributed by atoms with E-state index in [0.29, 0.717) is 13.2 Å². The molecule has 0 saturated carbocycles. The average Bonchev–Trinajstić information content (AvgIpc) is 3.02. The van der Waals surface area contributed by atoms with E-state index in [9.17, 15) is 0 Å². The van der Waals surface area contributed by atoms with Crippen molar-refractivity contribution in [2.75, 3.05) is 12.3 Å². The number of nitrogen functional groups attached to an aromatic ring is 1. The molecule has 0 unspecified atom stereocenters. The predicted octanol–water partition coefficient (Wildman–Crippen LogP) is 4.67. The molecule has 4 nitrogen and oxygen atoms in total. The summed E-state index contributed by atoms with van der Waals surface area (Å²) in [6.45, 7) is 3.34. The molecule has 0 radical (unpaired) electrons. The molecule has 130 valence electrons. The number of imidazole rings is 1. The second-order valence-electron chi connectivity index (χ2n) is 6.36. The lowest BCUT2D eigenvalue weighted by Crippen LogP contribution is -2.09. The van der Waals surface area contributed by atoms with Gasteiger partial charge in [-0.15, -0.1) is 0 Å². The lowest BCUT2D eigenvalue weighted by molar-refractivity contribution is 0.301. The standard InChI is InChI=1S/C22H21N3O/c1-16-9-11-19(12-10-16)26-14-13-25-21-8-3-2-7-20(21)24-22(25)17-5-4-6-18(23)15-17/h2-12,15H,13-14,23H2,1H3. The van der Waals surface area contributed by atoms with E-state index in [1.165, 1.54) is 5.56 Å². The van der Waals surface area contributed by atoms with E-state index in [1.54, 1.807) is 0 Å². The minimum atomic E-state index is 0.568. The van der Waals surface area contributed by atoms with E-state index in [4.69, 9.17) is 15.5 Å². The normalized spacial score (nSPS) is 11.0. The number of aryl methyl sites for hydroxylation is 1. The molecule has 1 aromatic heterocycles. The number of fused-ring (bicyclic) bond motifs is 1. The maximum Gasteiger partial charge on any atom is 0.141 e. The Morgan fingerprint density at radius 1 is 0.962 bits per heavy atom. The quantitative estimate of drug-likeness (QED) is 0.536. The summed E-state index contributed by atoms with van der Waals surface area (Å²) in [5.74, 6) is 1.79. The van der Waals surface area contributed by atoms with Crippen LogP contribution >= 0.6 is 0 Å². The molecule has 0 saturated heterocycles. The first-order valence-electron chi connectivity index (χ1n) is 8.71. The Labute approximate surface area is 152 Å². The van der Waals surface area contributed by atoms with Crippen molar-refractivity contribution in [1.29, 1.82) is 0 Å². The summed E-state index contributed by atoms with van der Waals surface area (Å²) in [6, 6.07) is 24.1. The van der Waals surface area contributed by atoms with Crippen LogP contribution < -0.4 is 10.5 Å². The van der Waals surface area contributed by atoms with Crippen molar-refractivity contribution >= 4 is 16.7 Å². The maximum absolute atomic E-state index is 5.97. The third kappa shape index (κ3) is 3.26. The van der Waals surface area contributed by atoms with Crippen molar-refractivity contribution in [3.05, 3.63) is 78.4 Å². The van der Waals surface area contributed by atoms with Gasteiger partial charge in [0.2, 0.25) is 0 Å². The van der Waals surface area contributed by atoms with Crippen molar-refractivity contribution in [3.8, 4) is 17.1 Å². The topological polar surface area (TPSA) is 53.1 Å². The van der Waals surface area contributed by atoms with Crippen LogP contribution in [0.15, 0.2) is 72.8 Å². The molecule has 2 N–H and O–H groups in total. The van der Waals surface area contributed by atoms with E-state index in [2.05, 4.69) is 29.7 Å². The van der Waals surface area contributed by atoms with Crippen LogP contribution in [0, 0.1) is 6.92 Å². The van der Waals surface area contributed by atoms with E-state index < -0.39 is 0 Å². The van der Waals surface area contributed by atoms with Gasteiger partial charge in [-0.25, -0.2) is 4.98 Å². The first-order chi connectivity index (χ1) is 12.7. The highest BCUT2D eigenvalue weighted by atomic mass is 16.5. The Hall–Kier alpha value is -3.27. The van der Waals surface area contributed by atoms with Crippen LogP contribution in [0.5, 0.6) is 5.75 Å². The van der Waals surface area contributed by atoms with Crippen LogP contribution in [0.4, 0.5) is 5.69 Å². The molecular formula is C22H21N3O. The van der Waals surface area contributed by atoms with Gasteiger partial charge >= 0.3 is 0 Å². The largest absolute Gasteiger partial charge is 0.492 e. The van der Waals surface area contributed by atoms with Gasteiger partial charge in [-0.2, -0.15) is 0 Å². The highest BCUT2D eigenvalue weighted by Gasteiger charge is 2.12. The second kappa shape index (κ2) is 6.92. The number of anilines is 1. The van der Waals surface area contributed by atoms with Crippen LogP contribution in [0.2, 0.25) is 0 Å². The third-order valence-electron chi connectivity index (χ3n) is 4.40. The molecule has 1 heterocycles. The number of rotatable bonds is 5. The number of ether oxygens (including phenoxy) is 1. The van der Waals surface area contributed by atoms with Crippen molar-refractivity contribution in [1.82, 2.24) is 9.55 Å². The lowest BCUT2D eigenvalue weighted by Gasteiger charge is -2.11. The summed E-state index contributed by atoms with van der Waals surface area (Å²) in [5.41, 5.74) is 11.0. The van der Waals surface area contributed by atoms with E-state index in [0.717, 1.165) is 33.9 Å². The summed E-state index contributed by atoms with van der Waals surface area (Å²) >= 11 is 0. The number of hydrogen-bond acceptors (Lipinski definition) is 3. The fourth-order valence-electron chi connectivity index (χ4n) is 3.09. The fraction of sp³-hybridized carbons (Fsp3) is 0.136. The molecule has 0 atom stereocenters. The molecule has 4 aromatic rings. The van der Waals surface area contributed by atoms with Gasteiger partial charge in [-0.3, -0.25) is 0 Å². The Balaban J connectivity index is 1.64. The molecule has 0 spiro atoms. The SMILES string of the molecule is Cc1ccc(OCCn2c(-c3cccc(N)c3)nc3ccccc32)cc1. The molecule has 0 aliphatic carbocycles. The van der Waals surface area contributed by atoms with Gasteiger partial charge in [-0.05, 0) is 43.3 Å². The molecule has 3 aromatic carbocycles. The van der Waals surface area contributed by atoms with Crippen molar-refractivity contribution in [2.45, 2.75) is 13.5 Å². The van der Waals surface area contributed by atoms with Crippen molar-refractivity contribution in [3.63, 3.8) is 0 Å². The van der Waals surface area contributed by atoms with E-state index >= 15 is 0 Å². The second-order valence-corrected chi connectivity index (χ2v) is 6.36. The monoisotopic (exact) mass is 343 g/mol. The summed E-state index contributed by atoms with van der Waals surface area (Å²) in [7, 11) is 0. The molecule has 0 aliphatic heterocycles. The lowest BCUT2D eigenvalue weighted by atomic mass is 10.2. The minimum absolute atomic E-state index is 0.568. The number of aromatic nitrogens is 2. The van der Waals surface area contributed by atoms with Gasteiger partial charge in [0.1, 0.15) is 18.2 Å². The van der Waals surface area contributed by atoms with Gasteiger partial charge in [0, 0.05) is 11.3 Å². The zero-order chi connectivity index (χ0) is 17.9. The van der Waals surface area contributed by atoms with Gasteiger partial charge in [0.05, 0.1) is 17.6 Å². The number of nitrogens with two attached hydrogens (primary N) is 1. The van der Waals surface area contributed by atoms with Crippen LogP contribution in [0.1, 0.15) is 5.56 Å². The van der Waals surface area contributed by atoms with Crippen LogP contribution in [0.25, 0.3) is 22.4 Å². The number of para-hydroxylation sites is 2. The summed E-state index contributed by atoms with van der Waals surface area (Å²) in [4.78, 5) is 4.81. The number of nitrogens with zero attached hydrogens (tertiary/aromatic N) is 2. The first-order valence-corrected chi connectivity index (χ1v) is 8.71. The van der Waals surface area contributed by atoms with Gasteiger partial charge in [0.25, 0.3) is 0 Å². The highest BCUT2D eigenvalue weighted by Crippen LogP contribution is 2.26. The Morgan fingerprint density at radius 2 is 1.77 bits per heavy atom. The molecule has 0 bridgehead atoms. The van der Waals surface area contributed by atoms with Gasteiger partial charge in [-0.1, -0.05) is 42.0 Å². The average molecular weight is 343 g/mol. The summed E-state index contributed by atoms with van der Waals surface area (Å²) in [5, 5.41) is 0. The van der Waals surface area contributed by atoms with Crippen LogP contribution in [-0.2, 0) is 6.54 Å². The Kier molecular flexibility index (Phi) is 4.32. The first kappa shape index (κ1) is 16.2. The summed E-state index contributed by atoms with van der Waals surface area (Å²) in [6.07, 6.45) is 0. The highest BCUT2D eigenvalue weighted by molar-refractivity contribution is 5.81. The molecule has 0 amide bonds. The zero-order valence-corrected chi connectivity index (χ0v) is 14.7. The molecule has 26 heavy (non-hydrogen) atoms. The van der Waals surface area contributed by atoms with Crippen LogP contribution in [-0.4, -0.2) is 16.2 Å². The molecule has 0 aliphatic rings. The zero-order valence-electron chi connectivity index (χ0n) is 14.7. The molecular weight excluding hydrogens is 322 g/mol. The minimum Gasteiger partial charge on any atom is -0.492 e. The van der Waals surface area contributed by atoms with Crippen molar-refractivity contribution < 1.29 is 4.74 Å². The number of hydrogen-bond donors (Lipinski definition) is 1. The fourth-order valence-corrected chi connectivity index (χ4v) is 3.09. The molecule has 0 fully saturated rings. The molecule has 4 rings (SSSR count). The van der Waals surface area contributed by atoms with Crippen molar-refractivity contribution in [2.24, 2.45) is 0 Å². The smallest absolute Gasteiger partial charge is 0.141 e. The number of benzene rings is 3. The predicted molar refractivity (Wildman–Crippen MR) is 106 cm³/mol. The Morgan fingerprint density at radius 3 is 2.58 bits per heavy atom. The van der Waals surface area contributed by atoms with E-state index in [-0.39, 0.29) is 0 Å². The summed E-state index contributed by atoms with van der Waals surface area (Å²) < 4.78 is 8.12. The van der Waals surface area contributed by atoms with Gasteiger partial charge < -0.3 is 15.0 Å². The van der Waals surface area contributed by atoms with E-state index in [1.807, 2.05) is 54.6 Å². The molecule has 4 heteroatoms.